The molecule has 0 fully saturated rings. The van der Waals surface area contributed by atoms with E-state index in [2.05, 4.69) is 19.2 Å². The van der Waals surface area contributed by atoms with Gasteiger partial charge in [-0.05, 0) is 46.6 Å². The van der Waals surface area contributed by atoms with Crippen LogP contribution in [-0.2, 0) is 0 Å². The van der Waals surface area contributed by atoms with E-state index in [0.29, 0.717) is 12.0 Å². The van der Waals surface area contributed by atoms with Crippen molar-refractivity contribution in [2.45, 2.75) is 52.2 Å². The first kappa shape index (κ1) is 11.9. The Kier molecular flexibility index (Phi) is 4.80. The van der Waals surface area contributed by atoms with Crippen molar-refractivity contribution in [2.24, 2.45) is 5.92 Å². The van der Waals surface area contributed by atoms with E-state index in [9.17, 15) is 5.11 Å². The van der Waals surface area contributed by atoms with Gasteiger partial charge in [-0.25, -0.2) is 0 Å². The molecule has 2 N–H and O–H groups in total. The highest BCUT2D eigenvalue weighted by Gasteiger charge is 2.18. The summed E-state index contributed by atoms with van der Waals surface area (Å²) in [6, 6.07) is 0.544. The predicted octanol–water partition coefficient (Wildman–Crippen LogP) is 1.78. The van der Waals surface area contributed by atoms with Crippen LogP contribution in [0, 0.1) is 5.92 Å². The number of rotatable bonds is 5. The molecule has 0 heterocycles. The summed E-state index contributed by atoms with van der Waals surface area (Å²) >= 11 is 0. The van der Waals surface area contributed by atoms with E-state index < -0.39 is 5.60 Å². The maximum atomic E-state index is 9.55. The highest BCUT2D eigenvalue weighted by atomic mass is 16.3. The first-order valence-corrected chi connectivity index (χ1v) is 4.75. The quantitative estimate of drug-likeness (QED) is 0.664. The molecule has 0 aromatic carbocycles. The molecule has 0 radical (unpaired) electrons. The molecule has 0 aliphatic carbocycles. The average molecular weight is 173 g/mol. The molecule has 12 heavy (non-hydrogen) atoms. The zero-order valence-electron chi connectivity index (χ0n) is 9.02. The molecule has 0 aliphatic heterocycles. The smallest absolute Gasteiger partial charge is 0.0594 e. The third-order valence-electron chi connectivity index (χ3n) is 2.10. The summed E-state index contributed by atoms with van der Waals surface area (Å²) in [5.41, 5.74) is -0.521. The Morgan fingerprint density at radius 3 is 2.17 bits per heavy atom. The molecule has 0 saturated carbocycles. The normalized spacial score (nSPS) is 17.5. The van der Waals surface area contributed by atoms with Gasteiger partial charge >= 0.3 is 0 Å². The third-order valence-corrected chi connectivity index (χ3v) is 2.10. The van der Waals surface area contributed by atoms with E-state index in [1.807, 2.05) is 20.9 Å². The summed E-state index contributed by atoms with van der Waals surface area (Å²) in [5.74, 6) is 0.576. The zero-order valence-corrected chi connectivity index (χ0v) is 9.02. The minimum Gasteiger partial charge on any atom is -0.390 e. The van der Waals surface area contributed by atoms with Crippen molar-refractivity contribution in [2.75, 3.05) is 7.05 Å². The van der Waals surface area contributed by atoms with Gasteiger partial charge in [0, 0.05) is 6.04 Å². The monoisotopic (exact) mass is 173 g/mol. The first-order valence-electron chi connectivity index (χ1n) is 4.75. The molecule has 2 unspecified atom stereocenters. The SMILES string of the molecule is CNC(C)CC(C)CC(C)(C)O. The largest absolute Gasteiger partial charge is 0.390 e. The summed E-state index contributed by atoms with van der Waals surface area (Å²) < 4.78 is 0. The van der Waals surface area contributed by atoms with E-state index in [1.54, 1.807) is 0 Å². The first-order chi connectivity index (χ1) is 5.35. The van der Waals surface area contributed by atoms with Crippen molar-refractivity contribution in [1.82, 2.24) is 5.32 Å². The molecule has 74 valence electrons. The lowest BCUT2D eigenvalue weighted by molar-refractivity contribution is 0.0528. The van der Waals surface area contributed by atoms with Gasteiger partial charge in [-0.3, -0.25) is 0 Å². The van der Waals surface area contributed by atoms with E-state index in [1.165, 1.54) is 0 Å². The summed E-state index contributed by atoms with van der Waals surface area (Å²) in [6.45, 7) is 8.09. The lowest BCUT2D eigenvalue weighted by Crippen LogP contribution is -2.28. The van der Waals surface area contributed by atoms with Crippen LogP contribution in [0.15, 0.2) is 0 Å². The Hall–Kier alpha value is -0.0800. The Morgan fingerprint density at radius 1 is 1.33 bits per heavy atom. The summed E-state index contributed by atoms with van der Waals surface area (Å²) in [5, 5.41) is 12.8. The maximum absolute atomic E-state index is 9.55. The minimum absolute atomic E-state index is 0.521. The fourth-order valence-electron chi connectivity index (χ4n) is 1.66. The van der Waals surface area contributed by atoms with Gasteiger partial charge in [0.15, 0.2) is 0 Å². The molecule has 0 saturated heterocycles. The van der Waals surface area contributed by atoms with Gasteiger partial charge in [0.25, 0.3) is 0 Å². The molecular weight excluding hydrogens is 150 g/mol. The molecule has 0 spiro atoms. The van der Waals surface area contributed by atoms with Crippen molar-refractivity contribution in [1.29, 1.82) is 0 Å². The molecule has 2 atom stereocenters. The number of hydrogen-bond donors (Lipinski definition) is 2. The summed E-state index contributed by atoms with van der Waals surface area (Å²) in [4.78, 5) is 0. The minimum atomic E-state index is -0.521. The van der Waals surface area contributed by atoms with Crippen LogP contribution in [-0.4, -0.2) is 23.8 Å². The van der Waals surface area contributed by atoms with Crippen molar-refractivity contribution < 1.29 is 5.11 Å². The highest BCUT2D eigenvalue weighted by Crippen LogP contribution is 2.19. The van der Waals surface area contributed by atoms with E-state index in [4.69, 9.17) is 0 Å². The molecular formula is C10H23NO. The molecule has 0 amide bonds. The van der Waals surface area contributed by atoms with Gasteiger partial charge in [0.1, 0.15) is 0 Å². The number of hydrogen-bond acceptors (Lipinski definition) is 2. The second-order valence-electron chi connectivity index (χ2n) is 4.55. The van der Waals surface area contributed by atoms with Crippen LogP contribution in [0.5, 0.6) is 0 Å². The zero-order chi connectivity index (χ0) is 9.78. The van der Waals surface area contributed by atoms with Crippen LogP contribution < -0.4 is 5.32 Å². The highest BCUT2D eigenvalue weighted by molar-refractivity contribution is 4.72. The van der Waals surface area contributed by atoms with Gasteiger partial charge < -0.3 is 10.4 Å². The van der Waals surface area contributed by atoms with Gasteiger partial charge in [0.05, 0.1) is 5.60 Å². The Balaban J connectivity index is 3.66. The molecule has 0 aliphatic rings. The van der Waals surface area contributed by atoms with Crippen molar-refractivity contribution >= 4 is 0 Å². The van der Waals surface area contributed by atoms with E-state index in [0.717, 1.165) is 12.8 Å². The fraction of sp³-hybridized carbons (Fsp3) is 1.00. The van der Waals surface area contributed by atoms with Gasteiger partial charge in [-0.15, -0.1) is 0 Å². The lowest BCUT2D eigenvalue weighted by Gasteiger charge is -2.24. The van der Waals surface area contributed by atoms with Gasteiger partial charge in [-0.1, -0.05) is 6.92 Å². The van der Waals surface area contributed by atoms with Crippen LogP contribution in [0.3, 0.4) is 0 Å². The van der Waals surface area contributed by atoms with Crippen molar-refractivity contribution in [3.63, 3.8) is 0 Å². The standard InChI is InChI=1S/C10H23NO/c1-8(6-9(2)11-5)7-10(3,4)12/h8-9,11-12H,6-7H2,1-5H3. The number of nitrogens with one attached hydrogen (secondary N) is 1. The average Bonchev–Trinajstić information content (AvgIpc) is 1.82. The van der Waals surface area contributed by atoms with Gasteiger partial charge in [-0.2, -0.15) is 0 Å². The third kappa shape index (κ3) is 6.62. The summed E-state index contributed by atoms with van der Waals surface area (Å²) in [6.07, 6.45) is 2.00. The van der Waals surface area contributed by atoms with Crippen molar-refractivity contribution in [3.8, 4) is 0 Å². The Morgan fingerprint density at radius 2 is 1.83 bits per heavy atom. The van der Waals surface area contributed by atoms with Gasteiger partial charge in [0.2, 0.25) is 0 Å². The van der Waals surface area contributed by atoms with E-state index >= 15 is 0 Å². The Bertz CT molecular complexity index is 117. The van der Waals surface area contributed by atoms with Crippen LogP contribution in [0.1, 0.15) is 40.5 Å². The fourth-order valence-corrected chi connectivity index (χ4v) is 1.66. The van der Waals surface area contributed by atoms with Crippen LogP contribution in [0.2, 0.25) is 0 Å². The van der Waals surface area contributed by atoms with E-state index in [-0.39, 0.29) is 0 Å². The lowest BCUT2D eigenvalue weighted by atomic mass is 9.90. The predicted molar refractivity (Wildman–Crippen MR) is 53.2 cm³/mol. The van der Waals surface area contributed by atoms with Crippen LogP contribution in [0.25, 0.3) is 0 Å². The van der Waals surface area contributed by atoms with Crippen LogP contribution >= 0.6 is 0 Å². The second-order valence-corrected chi connectivity index (χ2v) is 4.55. The molecule has 0 aromatic heterocycles. The maximum Gasteiger partial charge on any atom is 0.0594 e. The molecule has 0 bridgehead atoms. The second kappa shape index (κ2) is 4.83. The van der Waals surface area contributed by atoms with Crippen molar-refractivity contribution in [3.05, 3.63) is 0 Å². The molecule has 0 aromatic rings. The topological polar surface area (TPSA) is 32.3 Å². The molecule has 2 heteroatoms. The molecule has 2 nitrogen and oxygen atoms in total. The Labute approximate surface area is 76.4 Å². The van der Waals surface area contributed by atoms with Crippen LogP contribution in [0.4, 0.5) is 0 Å². The number of aliphatic hydroxyl groups is 1. The molecule has 0 rings (SSSR count). The summed E-state index contributed by atoms with van der Waals surface area (Å²) in [7, 11) is 1.97.